The molecule has 4 rings (SSSR count). The lowest BCUT2D eigenvalue weighted by atomic mass is 9.91. The number of para-hydroxylation sites is 2. The van der Waals surface area contributed by atoms with Crippen LogP contribution in [0.5, 0.6) is 0 Å². The van der Waals surface area contributed by atoms with Crippen molar-refractivity contribution >= 4 is 23.4 Å². The molecule has 140 valence electrons. The molecular formula is C25H24N2O. The molecule has 1 N–H and O–H groups in total. The summed E-state index contributed by atoms with van der Waals surface area (Å²) >= 11 is 0. The average Bonchev–Trinajstić information content (AvgIpc) is 2.74. The third-order valence-electron chi connectivity index (χ3n) is 5.10. The molecule has 1 heterocycles. The Bertz CT molecular complexity index is 966. The van der Waals surface area contributed by atoms with Crippen molar-refractivity contribution < 1.29 is 4.79 Å². The normalized spacial score (nSPS) is 18.3. The van der Waals surface area contributed by atoms with Gasteiger partial charge in [0.1, 0.15) is 0 Å². The highest BCUT2D eigenvalue weighted by atomic mass is 16.2. The fourth-order valence-corrected chi connectivity index (χ4v) is 3.81. The van der Waals surface area contributed by atoms with E-state index in [2.05, 4.69) is 24.4 Å². The van der Waals surface area contributed by atoms with Crippen LogP contribution in [0, 0.1) is 0 Å². The van der Waals surface area contributed by atoms with Crippen LogP contribution < -0.4 is 10.2 Å². The molecule has 0 fully saturated rings. The van der Waals surface area contributed by atoms with Gasteiger partial charge in [-0.05, 0) is 48.7 Å². The van der Waals surface area contributed by atoms with Crippen LogP contribution in [-0.2, 0) is 4.79 Å². The van der Waals surface area contributed by atoms with Crippen LogP contribution in [-0.4, -0.2) is 11.9 Å². The molecule has 0 radical (unpaired) electrons. The van der Waals surface area contributed by atoms with E-state index in [-0.39, 0.29) is 18.0 Å². The molecule has 3 aromatic carbocycles. The molecule has 2 unspecified atom stereocenters. The standard InChI is InChI=1S/C25H24N2O/c1-19-18-24(22-14-8-9-15-23(22)26-19)27(21-12-6-3-7-13-21)25(28)17-16-20-10-4-2-5-11-20/h2-17,19,24,26H,18H2,1H3/b17-16+. The van der Waals surface area contributed by atoms with Crippen molar-refractivity contribution in [3.8, 4) is 0 Å². The van der Waals surface area contributed by atoms with Crippen molar-refractivity contribution in [1.82, 2.24) is 0 Å². The first-order valence-corrected chi connectivity index (χ1v) is 9.69. The molecule has 0 bridgehead atoms. The van der Waals surface area contributed by atoms with Crippen molar-refractivity contribution in [1.29, 1.82) is 0 Å². The quantitative estimate of drug-likeness (QED) is 0.601. The fourth-order valence-electron chi connectivity index (χ4n) is 3.81. The number of fused-ring (bicyclic) bond motifs is 1. The lowest BCUT2D eigenvalue weighted by molar-refractivity contribution is -0.114. The molecule has 1 aliphatic rings. The largest absolute Gasteiger partial charge is 0.382 e. The highest BCUT2D eigenvalue weighted by molar-refractivity contribution is 6.04. The summed E-state index contributed by atoms with van der Waals surface area (Å²) in [5, 5.41) is 3.54. The van der Waals surface area contributed by atoms with E-state index >= 15 is 0 Å². The zero-order valence-corrected chi connectivity index (χ0v) is 16.0. The summed E-state index contributed by atoms with van der Waals surface area (Å²) in [6.07, 6.45) is 4.42. The van der Waals surface area contributed by atoms with Gasteiger partial charge in [0.25, 0.3) is 5.91 Å². The van der Waals surface area contributed by atoms with Crippen LogP contribution in [0.1, 0.15) is 30.5 Å². The SMILES string of the molecule is CC1CC(N(C(=O)/C=C/c2ccccc2)c2ccccc2)c2ccccc2N1. The zero-order chi connectivity index (χ0) is 19.3. The predicted octanol–water partition coefficient (Wildman–Crippen LogP) is 5.68. The monoisotopic (exact) mass is 368 g/mol. The van der Waals surface area contributed by atoms with Gasteiger partial charge in [-0.2, -0.15) is 0 Å². The number of nitrogens with one attached hydrogen (secondary N) is 1. The van der Waals surface area contributed by atoms with E-state index in [1.165, 1.54) is 0 Å². The Morgan fingerprint density at radius 3 is 2.32 bits per heavy atom. The summed E-state index contributed by atoms with van der Waals surface area (Å²) in [4.78, 5) is 15.3. The molecule has 1 amide bonds. The van der Waals surface area contributed by atoms with Crippen LogP contribution in [0.2, 0.25) is 0 Å². The minimum atomic E-state index is -0.0113. The molecule has 1 aliphatic heterocycles. The summed E-state index contributed by atoms with van der Waals surface area (Å²) in [5.41, 5.74) is 4.19. The second kappa shape index (κ2) is 8.13. The second-order valence-corrected chi connectivity index (χ2v) is 7.17. The minimum Gasteiger partial charge on any atom is -0.382 e. The summed E-state index contributed by atoms with van der Waals surface area (Å²) in [6.45, 7) is 2.16. The highest BCUT2D eigenvalue weighted by Crippen LogP contribution is 2.39. The number of hydrogen-bond acceptors (Lipinski definition) is 2. The van der Waals surface area contributed by atoms with Crippen LogP contribution >= 0.6 is 0 Å². The van der Waals surface area contributed by atoms with Crippen LogP contribution in [0.3, 0.4) is 0 Å². The van der Waals surface area contributed by atoms with Gasteiger partial charge in [0.05, 0.1) is 6.04 Å². The van der Waals surface area contributed by atoms with Gasteiger partial charge in [-0.15, -0.1) is 0 Å². The van der Waals surface area contributed by atoms with E-state index in [0.717, 1.165) is 28.9 Å². The van der Waals surface area contributed by atoms with Crippen LogP contribution in [0.15, 0.2) is 91.0 Å². The number of carbonyl (C=O) groups excluding carboxylic acids is 1. The third-order valence-corrected chi connectivity index (χ3v) is 5.10. The third kappa shape index (κ3) is 3.84. The van der Waals surface area contributed by atoms with Crippen molar-refractivity contribution in [3.05, 3.63) is 102 Å². The summed E-state index contributed by atoms with van der Waals surface area (Å²) in [5.74, 6) is -0.0102. The molecule has 28 heavy (non-hydrogen) atoms. The minimum absolute atomic E-state index is 0.0102. The molecule has 0 aliphatic carbocycles. The molecular weight excluding hydrogens is 344 g/mol. The Balaban J connectivity index is 1.73. The number of hydrogen-bond donors (Lipinski definition) is 1. The van der Waals surface area contributed by atoms with Gasteiger partial charge >= 0.3 is 0 Å². The number of anilines is 2. The molecule has 3 nitrogen and oxygen atoms in total. The maximum Gasteiger partial charge on any atom is 0.251 e. The van der Waals surface area contributed by atoms with E-state index in [1.807, 2.05) is 83.8 Å². The first kappa shape index (κ1) is 18.1. The number of benzene rings is 3. The Hall–Kier alpha value is -3.33. The Morgan fingerprint density at radius 2 is 1.57 bits per heavy atom. The molecule has 0 aromatic heterocycles. The fraction of sp³-hybridized carbons (Fsp3) is 0.160. The van der Waals surface area contributed by atoms with Crippen molar-refractivity contribution in [3.63, 3.8) is 0 Å². The zero-order valence-electron chi connectivity index (χ0n) is 16.0. The van der Waals surface area contributed by atoms with E-state index in [1.54, 1.807) is 6.08 Å². The Labute approximate surface area is 166 Å². The van der Waals surface area contributed by atoms with Gasteiger partial charge in [0, 0.05) is 23.5 Å². The molecule has 2 atom stereocenters. The molecule has 3 aromatic rings. The highest BCUT2D eigenvalue weighted by Gasteiger charge is 2.31. The second-order valence-electron chi connectivity index (χ2n) is 7.17. The lowest BCUT2D eigenvalue weighted by Gasteiger charge is -2.38. The number of carbonyl (C=O) groups is 1. The number of amides is 1. The van der Waals surface area contributed by atoms with E-state index in [9.17, 15) is 4.79 Å². The Kier molecular flexibility index (Phi) is 5.24. The topological polar surface area (TPSA) is 32.3 Å². The Morgan fingerprint density at radius 1 is 0.929 bits per heavy atom. The maximum absolute atomic E-state index is 13.4. The predicted molar refractivity (Wildman–Crippen MR) is 116 cm³/mol. The lowest BCUT2D eigenvalue weighted by Crippen LogP contribution is -2.39. The molecule has 0 spiro atoms. The summed E-state index contributed by atoms with van der Waals surface area (Å²) < 4.78 is 0. The van der Waals surface area contributed by atoms with Crippen LogP contribution in [0.4, 0.5) is 11.4 Å². The summed E-state index contributed by atoms with van der Waals surface area (Å²) in [6, 6.07) is 28.4. The van der Waals surface area contributed by atoms with Gasteiger partial charge in [0.15, 0.2) is 0 Å². The van der Waals surface area contributed by atoms with Crippen molar-refractivity contribution in [2.75, 3.05) is 10.2 Å². The van der Waals surface area contributed by atoms with Crippen molar-refractivity contribution in [2.24, 2.45) is 0 Å². The number of rotatable bonds is 4. The molecule has 0 saturated heterocycles. The molecule has 0 saturated carbocycles. The average molecular weight is 368 g/mol. The first-order valence-electron chi connectivity index (χ1n) is 9.69. The van der Waals surface area contributed by atoms with Crippen LogP contribution in [0.25, 0.3) is 6.08 Å². The van der Waals surface area contributed by atoms with E-state index in [4.69, 9.17) is 0 Å². The smallest absolute Gasteiger partial charge is 0.251 e. The van der Waals surface area contributed by atoms with Gasteiger partial charge in [-0.3, -0.25) is 4.79 Å². The maximum atomic E-state index is 13.4. The van der Waals surface area contributed by atoms with Gasteiger partial charge in [0.2, 0.25) is 0 Å². The van der Waals surface area contributed by atoms with Gasteiger partial charge < -0.3 is 10.2 Å². The number of nitrogens with zero attached hydrogens (tertiary/aromatic N) is 1. The van der Waals surface area contributed by atoms with E-state index < -0.39 is 0 Å². The van der Waals surface area contributed by atoms with Gasteiger partial charge in [-0.1, -0.05) is 66.7 Å². The van der Waals surface area contributed by atoms with Crippen molar-refractivity contribution in [2.45, 2.75) is 25.4 Å². The van der Waals surface area contributed by atoms with Gasteiger partial charge in [-0.25, -0.2) is 0 Å². The van der Waals surface area contributed by atoms with E-state index in [0.29, 0.717) is 0 Å². The molecule has 3 heteroatoms. The first-order chi connectivity index (χ1) is 13.7. The summed E-state index contributed by atoms with van der Waals surface area (Å²) in [7, 11) is 0.